The Kier molecular flexibility index (Phi) is 7.39. The van der Waals surface area contributed by atoms with E-state index in [0.717, 1.165) is 27.4 Å². The van der Waals surface area contributed by atoms with Crippen molar-refractivity contribution < 1.29 is 4.79 Å². The van der Waals surface area contributed by atoms with Gasteiger partial charge in [0.2, 0.25) is 5.91 Å². The van der Waals surface area contributed by atoms with Crippen LogP contribution in [-0.4, -0.2) is 28.4 Å². The molecule has 1 aromatic carbocycles. The lowest BCUT2D eigenvalue weighted by Crippen LogP contribution is -2.25. The van der Waals surface area contributed by atoms with Crippen LogP contribution in [0.2, 0.25) is 0 Å². The number of nitrogens with one attached hydrogen (secondary N) is 1. The van der Waals surface area contributed by atoms with Gasteiger partial charge in [-0.3, -0.25) is 4.79 Å². The van der Waals surface area contributed by atoms with Crippen molar-refractivity contribution in [3.8, 4) is 0 Å². The second kappa shape index (κ2) is 9.30. The van der Waals surface area contributed by atoms with E-state index in [2.05, 4.69) is 47.6 Å². The minimum Gasteiger partial charge on any atom is -0.355 e. The van der Waals surface area contributed by atoms with Gasteiger partial charge in [-0.15, -0.1) is 10.2 Å². The molecular formula is C16H21N3OS3. The van der Waals surface area contributed by atoms with Crippen LogP contribution in [-0.2, 0) is 10.5 Å². The Morgan fingerprint density at radius 2 is 1.96 bits per heavy atom. The van der Waals surface area contributed by atoms with Gasteiger partial charge in [-0.1, -0.05) is 65.5 Å². The third-order valence-corrected chi connectivity index (χ3v) is 6.38. The largest absolute Gasteiger partial charge is 0.355 e. The van der Waals surface area contributed by atoms with Gasteiger partial charge in [-0.05, 0) is 31.4 Å². The van der Waals surface area contributed by atoms with E-state index in [-0.39, 0.29) is 5.91 Å². The third kappa shape index (κ3) is 6.16. The van der Waals surface area contributed by atoms with Gasteiger partial charge >= 0.3 is 0 Å². The van der Waals surface area contributed by atoms with Crippen molar-refractivity contribution in [3.63, 3.8) is 0 Å². The topological polar surface area (TPSA) is 54.9 Å². The number of hydrogen-bond acceptors (Lipinski definition) is 6. The van der Waals surface area contributed by atoms with Gasteiger partial charge in [-0.25, -0.2) is 0 Å². The number of hydrogen-bond donors (Lipinski definition) is 1. The minimum atomic E-state index is 0.0524. The Balaban J connectivity index is 1.82. The summed E-state index contributed by atoms with van der Waals surface area (Å²) in [4.78, 5) is 11.6. The molecule has 7 heteroatoms. The molecule has 0 aliphatic heterocycles. The van der Waals surface area contributed by atoms with Crippen molar-refractivity contribution >= 4 is 40.8 Å². The predicted molar refractivity (Wildman–Crippen MR) is 99.4 cm³/mol. The van der Waals surface area contributed by atoms with E-state index in [1.54, 1.807) is 23.1 Å². The molecule has 23 heavy (non-hydrogen) atoms. The molecule has 0 fully saturated rings. The molecule has 0 atom stereocenters. The second-order valence-electron chi connectivity index (χ2n) is 5.19. The highest BCUT2D eigenvalue weighted by Gasteiger charge is 2.09. The minimum absolute atomic E-state index is 0.0524. The molecule has 0 radical (unpaired) electrons. The second-order valence-corrected chi connectivity index (χ2v) is 8.61. The fraction of sp³-hybridized carbons (Fsp3) is 0.438. The van der Waals surface area contributed by atoms with Crippen molar-refractivity contribution in [2.45, 2.75) is 41.6 Å². The average Bonchev–Trinajstić information content (AvgIpc) is 2.99. The fourth-order valence-electron chi connectivity index (χ4n) is 1.85. The quantitative estimate of drug-likeness (QED) is 0.713. The molecule has 124 valence electrons. The molecule has 0 aliphatic rings. The summed E-state index contributed by atoms with van der Waals surface area (Å²) < 4.78 is 1.79. The van der Waals surface area contributed by atoms with Crippen molar-refractivity contribution in [1.82, 2.24) is 15.5 Å². The number of benzene rings is 1. The highest BCUT2D eigenvalue weighted by Crippen LogP contribution is 2.31. The van der Waals surface area contributed by atoms with Gasteiger partial charge in [0.25, 0.3) is 0 Å². The van der Waals surface area contributed by atoms with Crippen LogP contribution in [0.25, 0.3) is 0 Å². The lowest BCUT2D eigenvalue weighted by Gasteiger charge is -2.05. The Labute approximate surface area is 149 Å². The van der Waals surface area contributed by atoms with Crippen LogP contribution >= 0.6 is 34.9 Å². The molecule has 1 heterocycles. The third-order valence-electron chi connectivity index (χ3n) is 3.14. The van der Waals surface area contributed by atoms with Gasteiger partial charge in [0.1, 0.15) is 0 Å². The molecule has 1 N–H and O–H groups in total. The molecule has 1 amide bonds. The van der Waals surface area contributed by atoms with Crippen LogP contribution < -0.4 is 5.32 Å². The first-order valence-electron chi connectivity index (χ1n) is 7.50. The maximum Gasteiger partial charge on any atom is 0.230 e. The van der Waals surface area contributed by atoms with Crippen LogP contribution in [0.5, 0.6) is 0 Å². The van der Waals surface area contributed by atoms with E-state index < -0.39 is 0 Å². The highest BCUT2D eigenvalue weighted by atomic mass is 32.2. The zero-order valence-corrected chi connectivity index (χ0v) is 16.0. The van der Waals surface area contributed by atoms with E-state index in [9.17, 15) is 4.79 Å². The zero-order valence-electron chi connectivity index (χ0n) is 13.6. The normalized spacial score (nSPS) is 10.7. The van der Waals surface area contributed by atoms with E-state index in [1.807, 2.05) is 6.92 Å². The summed E-state index contributed by atoms with van der Waals surface area (Å²) >= 11 is 4.69. The fourth-order valence-corrected chi connectivity index (χ4v) is 4.77. The molecule has 2 aromatic rings. The summed E-state index contributed by atoms with van der Waals surface area (Å²) in [6.45, 7) is 7.01. The number of nitrogens with zero attached hydrogens (tertiary/aromatic N) is 2. The van der Waals surface area contributed by atoms with Gasteiger partial charge in [0.05, 0.1) is 5.75 Å². The zero-order chi connectivity index (χ0) is 16.7. The molecular weight excluding hydrogens is 346 g/mol. The maximum absolute atomic E-state index is 11.6. The first-order chi connectivity index (χ1) is 11.1. The van der Waals surface area contributed by atoms with Crippen LogP contribution in [0.1, 0.15) is 30.0 Å². The van der Waals surface area contributed by atoms with Crippen molar-refractivity contribution in [2.24, 2.45) is 0 Å². The van der Waals surface area contributed by atoms with Gasteiger partial charge in [0.15, 0.2) is 8.68 Å². The summed E-state index contributed by atoms with van der Waals surface area (Å²) in [6, 6.07) is 6.51. The maximum atomic E-state index is 11.6. The van der Waals surface area contributed by atoms with Crippen LogP contribution in [0.4, 0.5) is 0 Å². The lowest BCUT2D eigenvalue weighted by molar-refractivity contribution is -0.118. The van der Waals surface area contributed by atoms with Crippen molar-refractivity contribution in [3.05, 3.63) is 34.9 Å². The standard InChI is InChI=1S/C16H21N3OS3/c1-4-7-17-14(20)10-22-16-19-18-15(23-16)21-9-13-8-11(2)5-6-12(13)3/h5-6,8H,4,7,9-10H2,1-3H3,(H,17,20). The van der Waals surface area contributed by atoms with Crippen molar-refractivity contribution in [1.29, 1.82) is 0 Å². The van der Waals surface area contributed by atoms with E-state index >= 15 is 0 Å². The van der Waals surface area contributed by atoms with Crippen molar-refractivity contribution in [2.75, 3.05) is 12.3 Å². The van der Waals surface area contributed by atoms with Crippen LogP contribution in [0, 0.1) is 13.8 Å². The summed E-state index contributed by atoms with van der Waals surface area (Å²) in [6.07, 6.45) is 0.953. The molecule has 2 rings (SSSR count). The molecule has 0 unspecified atom stereocenters. The highest BCUT2D eigenvalue weighted by molar-refractivity contribution is 8.03. The number of aryl methyl sites for hydroxylation is 2. The predicted octanol–water partition coefficient (Wildman–Crippen LogP) is 4.07. The van der Waals surface area contributed by atoms with Crippen LogP contribution in [0.3, 0.4) is 0 Å². The molecule has 1 aromatic heterocycles. The van der Waals surface area contributed by atoms with E-state index in [4.69, 9.17) is 0 Å². The molecule has 0 aliphatic carbocycles. The Hall–Kier alpha value is -1.05. The Bertz CT molecular complexity index is 658. The summed E-state index contributed by atoms with van der Waals surface area (Å²) in [5.74, 6) is 1.34. The summed E-state index contributed by atoms with van der Waals surface area (Å²) in [5.41, 5.74) is 3.91. The molecule has 0 saturated carbocycles. The summed E-state index contributed by atoms with van der Waals surface area (Å²) in [5, 5.41) is 11.2. The van der Waals surface area contributed by atoms with Gasteiger partial charge in [-0.2, -0.15) is 0 Å². The number of carbonyl (C=O) groups is 1. The summed E-state index contributed by atoms with van der Waals surface area (Å²) in [7, 11) is 0. The van der Waals surface area contributed by atoms with E-state index in [0.29, 0.717) is 5.75 Å². The first-order valence-corrected chi connectivity index (χ1v) is 10.3. The monoisotopic (exact) mass is 367 g/mol. The van der Waals surface area contributed by atoms with Crippen LogP contribution in [0.15, 0.2) is 26.9 Å². The average molecular weight is 368 g/mol. The lowest BCUT2D eigenvalue weighted by atomic mass is 10.1. The SMILES string of the molecule is CCCNC(=O)CSc1nnc(SCc2cc(C)ccc2C)s1. The van der Waals surface area contributed by atoms with E-state index in [1.165, 1.54) is 28.5 Å². The molecule has 0 spiro atoms. The number of carbonyl (C=O) groups excluding carboxylic acids is 1. The van der Waals surface area contributed by atoms with Gasteiger partial charge < -0.3 is 5.32 Å². The molecule has 4 nitrogen and oxygen atoms in total. The number of rotatable bonds is 8. The number of thioether (sulfide) groups is 2. The molecule has 0 bridgehead atoms. The van der Waals surface area contributed by atoms with Gasteiger partial charge in [0, 0.05) is 12.3 Å². The Morgan fingerprint density at radius 1 is 1.22 bits per heavy atom. The molecule has 0 saturated heterocycles. The first kappa shape index (κ1) is 18.3. The Morgan fingerprint density at radius 3 is 2.70 bits per heavy atom. The number of aromatic nitrogens is 2. The smallest absolute Gasteiger partial charge is 0.230 e. The number of amides is 1.